The van der Waals surface area contributed by atoms with Gasteiger partial charge >= 0.3 is 0 Å². The average molecular weight is 312 g/mol. The SMILES string of the molecule is CCCNC(C)c1cccc(S(=O)(=O)N(CC)CCC)c1. The van der Waals surface area contributed by atoms with Gasteiger partial charge in [0.1, 0.15) is 0 Å². The van der Waals surface area contributed by atoms with E-state index < -0.39 is 10.0 Å². The zero-order valence-electron chi connectivity index (χ0n) is 13.6. The molecule has 0 aromatic heterocycles. The fraction of sp³-hybridized carbons (Fsp3) is 0.625. The Balaban J connectivity index is 3.03. The highest BCUT2D eigenvalue weighted by Gasteiger charge is 2.22. The second-order valence-electron chi connectivity index (χ2n) is 5.25. The molecule has 0 aliphatic rings. The van der Waals surface area contributed by atoms with Gasteiger partial charge in [-0.25, -0.2) is 8.42 Å². The van der Waals surface area contributed by atoms with E-state index in [4.69, 9.17) is 0 Å². The van der Waals surface area contributed by atoms with Crippen LogP contribution in [0.25, 0.3) is 0 Å². The summed E-state index contributed by atoms with van der Waals surface area (Å²) in [7, 11) is -3.38. The third-order valence-electron chi connectivity index (χ3n) is 3.52. The van der Waals surface area contributed by atoms with Crippen molar-refractivity contribution in [3.05, 3.63) is 29.8 Å². The Bertz CT molecular complexity index is 529. The number of sulfonamides is 1. The summed E-state index contributed by atoms with van der Waals surface area (Å²) in [5.74, 6) is 0. The lowest BCUT2D eigenvalue weighted by Crippen LogP contribution is -2.31. The van der Waals surface area contributed by atoms with Gasteiger partial charge in [0.05, 0.1) is 4.90 Å². The lowest BCUT2D eigenvalue weighted by Gasteiger charge is -2.21. The van der Waals surface area contributed by atoms with Crippen molar-refractivity contribution in [2.75, 3.05) is 19.6 Å². The number of hydrogen-bond acceptors (Lipinski definition) is 3. The molecule has 0 fully saturated rings. The molecule has 1 rings (SSSR count). The Morgan fingerprint density at radius 1 is 1.19 bits per heavy atom. The van der Waals surface area contributed by atoms with Crippen LogP contribution in [0.5, 0.6) is 0 Å². The molecule has 1 atom stereocenters. The van der Waals surface area contributed by atoms with Crippen LogP contribution in [-0.4, -0.2) is 32.4 Å². The van der Waals surface area contributed by atoms with Crippen LogP contribution in [0, 0.1) is 0 Å². The molecule has 21 heavy (non-hydrogen) atoms. The molecule has 1 N–H and O–H groups in total. The van der Waals surface area contributed by atoms with Crippen LogP contribution in [0.15, 0.2) is 29.2 Å². The molecular weight excluding hydrogens is 284 g/mol. The van der Waals surface area contributed by atoms with E-state index in [2.05, 4.69) is 19.2 Å². The van der Waals surface area contributed by atoms with Crippen molar-refractivity contribution in [1.29, 1.82) is 0 Å². The fourth-order valence-corrected chi connectivity index (χ4v) is 3.87. The maximum absolute atomic E-state index is 12.6. The predicted octanol–water partition coefficient (Wildman–Crippen LogP) is 3.17. The van der Waals surface area contributed by atoms with E-state index in [1.54, 1.807) is 12.1 Å². The zero-order chi connectivity index (χ0) is 15.9. The second kappa shape index (κ2) is 8.51. The first-order chi connectivity index (χ1) is 9.97. The first-order valence-corrected chi connectivity index (χ1v) is 9.24. The molecule has 1 aromatic rings. The van der Waals surface area contributed by atoms with Crippen LogP contribution in [0.2, 0.25) is 0 Å². The maximum atomic E-state index is 12.6. The minimum absolute atomic E-state index is 0.154. The fourth-order valence-electron chi connectivity index (χ4n) is 2.27. The first-order valence-electron chi connectivity index (χ1n) is 7.80. The minimum Gasteiger partial charge on any atom is -0.310 e. The van der Waals surface area contributed by atoms with Crippen LogP contribution < -0.4 is 5.32 Å². The van der Waals surface area contributed by atoms with Crippen LogP contribution in [0.3, 0.4) is 0 Å². The summed E-state index contributed by atoms with van der Waals surface area (Å²) in [6, 6.07) is 7.43. The van der Waals surface area contributed by atoms with E-state index in [1.165, 1.54) is 4.31 Å². The van der Waals surface area contributed by atoms with Gasteiger partial charge in [-0.3, -0.25) is 0 Å². The van der Waals surface area contributed by atoms with E-state index in [0.29, 0.717) is 18.0 Å². The number of nitrogens with one attached hydrogen (secondary N) is 1. The van der Waals surface area contributed by atoms with E-state index in [-0.39, 0.29) is 6.04 Å². The van der Waals surface area contributed by atoms with Crippen LogP contribution >= 0.6 is 0 Å². The van der Waals surface area contributed by atoms with Gasteiger partial charge in [0.25, 0.3) is 0 Å². The molecule has 0 spiro atoms. The summed E-state index contributed by atoms with van der Waals surface area (Å²) < 4.78 is 26.8. The molecule has 5 heteroatoms. The summed E-state index contributed by atoms with van der Waals surface area (Å²) in [5.41, 5.74) is 1.01. The molecule has 0 saturated heterocycles. The largest absolute Gasteiger partial charge is 0.310 e. The average Bonchev–Trinajstić information content (AvgIpc) is 2.50. The van der Waals surface area contributed by atoms with Gasteiger partial charge in [0.2, 0.25) is 10.0 Å². The highest BCUT2D eigenvalue weighted by Crippen LogP contribution is 2.20. The molecule has 0 amide bonds. The highest BCUT2D eigenvalue weighted by molar-refractivity contribution is 7.89. The third kappa shape index (κ3) is 4.80. The quantitative estimate of drug-likeness (QED) is 0.762. The normalized spacial score (nSPS) is 13.6. The molecule has 4 nitrogen and oxygen atoms in total. The lowest BCUT2D eigenvalue weighted by molar-refractivity contribution is 0.427. The molecule has 1 unspecified atom stereocenters. The second-order valence-corrected chi connectivity index (χ2v) is 7.18. The van der Waals surface area contributed by atoms with Crippen molar-refractivity contribution < 1.29 is 8.42 Å². The molecule has 0 saturated carbocycles. The van der Waals surface area contributed by atoms with Crippen molar-refractivity contribution in [2.24, 2.45) is 0 Å². The van der Waals surface area contributed by atoms with E-state index in [0.717, 1.165) is 24.9 Å². The number of rotatable bonds is 9. The van der Waals surface area contributed by atoms with Crippen molar-refractivity contribution >= 4 is 10.0 Å². The number of hydrogen-bond donors (Lipinski definition) is 1. The van der Waals surface area contributed by atoms with Crippen LogP contribution in [0.1, 0.15) is 52.1 Å². The predicted molar refractivity (Wildman–Crippen MR) is 87.9 cm³/mol. The van der Waals surface area contributed by atoms with Gasteiger partial charge in [-0.05, 0) is 44.0 Å². The van der Waals surface area contributed by atoms with Gasteiger partial charge in [-0.2, -0.15) is 4.31 Å². The van der Waals surface area contributed by atoms with Gasteiger partial charge in [0.15, 0.2) is 0 Å². The van der Waals surface area contributed by atoms with Crippen molar-refractivity contribution in [3.63, 3.8) is 0 Å². The lowest BCUT2D eigenvalue weighted by atomic mass is 10.1. The van der Waals surface area contributed by atoms with Gasteiger partial charge in [-0.15, -0.1) is 0 Å². The maximum Gasteiger partial charge on any atom is 0.243 e. The molecule has 120 valence electrons. The molecule has 1 aromatic carbocycles. The summed E-state index contributed by atoms with van der Waals surface area (Å²) in [6.07, 6.45) is 1.88. The Morgan fingerprint density at radius 2 is 1.90 bits per heavy atom. The van der Waals surface area contributed by atoms with E-state index >= 15 is 0 Å². The molecule has 0 radical (unpaired) electrons. The van der Waals surface area contributed by atoms with Crippen molar-refractivity contribution in [3.8, 4) is 0 Å². The van der Waals surface area contributed by atoms with E-state index in [1.807, 2.05) is 26.0 Å². The third-order valence-corrected chi connectivity index (χ3v) is 5.49. The first kappa shape index (κ1) is 18.1. The van der Waals surface area contributed by atoms with Gasteiger partial charge in [0, 0.05) is 19.1 Å². The summed E-state index contributed by atoms with van der Waals surface area (Å²) in [6.45, 7) is 10.0. The summed E-state index contributed by atoms with van der Waals surface area (Å²) in [5, 5.41) is 3.39. The highest BCUT2D eigenvalue weighted by atomic mass is 32.2. The van der Waals surface area contributed by atoms with Gasteiger partial charge < -0.3 is 5.32 Å². The smallest absolute Gasteiger partial charge is 0.243 e. The Labute approximate surface area is 129 Å². The Kier molecular flexibility index (Phi) is 7.35. The van der Waals surface area contributed by atoms with Crippen LogP contribution in [0.4, 0.5) is 0 Å². The number of nitrogens with zero attached hydrogens (tertiary/aromatic N) is 1. The van der Waals surface area contributed by atoms with Crippen molar-refractivity contribution in [1.82, 2.24) is 9.62 Å². The molecule has 0 heterocycles. The Hall–Kier alpha value is -0.910. The molecule has 0 aliphatic carbocycles. The Morgan fingerprint density at radius 3 is 2.48 bits per heavy atom. The van der Waals surface area contributed by atoms with Crippen LogP contribution in [-0.2, 0) is 10.0 Å². The molecule has 0 bridgehead atoms. The number of benzene rings is 1. The van der Waals surface area contributed by atoms with E-state index in [9.17, 15) is 8.42 Å². The zero-order valence-corrected chi connectivity index (χ0v) is 14.4. The minimum atomic E-state index is -3.38. The van der Waals surface area contributed by atoms with Crippen molar-refractivity contribution in [2.45, 2.75) is 51.5 Å². The molecule has 0 aliphatic heterocycles. The summed E-state index contributed by atoms with van der Waals surface area (Å²) >= 11 is 0. The molecular formula is C16H28N2O2S. The van der Waals surface area contributed by atoms with Gasteiger partial charge in [-0.1, -0.05) is 32.9 Å². The summed E-state index contributed by atoms with van der Waals surface area (Å²) in [4.78, 5) is 0.389. The monoisotopic (exact) mass is 312 g/mol. The standard InChI is InChI=1S/C16H28N2O2S/c1-5-11-17-14(4)15-9-8-10-16(13-15)21(19,20)18(7-3)12-6-2/h8-10,13-14,17H,5-7,11-12H2,1-4H3. The topological polar surface area (TPSA) is 49.4 Å².